The first-order chi connectivity index (χ1) is 18.6. The monoisotopic (exact) mass is 577 g/mol. The summed E-state index contributed by atoms with van der Waals surface area (Å²) in [6.45, 7) is 1.75. The largest absolute Gasteiger partial charge is 0.494 e. The van der Waals surface area contributed by atoms with Gasteiger partial charge in [-0.1, -0.05) is 22.9 Å². The fourth-order valence-electron chi connectivity index (χ4n) is 4.19. The molecule has 0 aromatic carbocycles. The Labute approximate surface area is 228 Å². The number of hydrogen-bond acceptors (Lipinski definition) is 8. The smallest absolute Gasteiger partial charge is 0.283 e. The Morgan fingerprint density at radius 3 is 2.64 bits per heavy atom. The molecule has 0 saturated carbocycles. The third-order valence-electron chi connectivity index (χ3n) is 6.02. The lowest BCUT2D eigenvalue weighted by Gasteiger charge is -2.15. The predicted molar refractivity (Wildman–Crippen MR) is 136 cm³/mol. The number of nitrogens with zero attached hydrogens (tertiary/aromatic N) is 6. The molecule has 5 heterocycles. The minimum Gasteiger partial charge on any atom is -0.494 e. The zero-order valence-electron chi connectivity index (χ0n) is 20.6. The summed E-state index contributed by atoms with van der Waals surface area (Å²) in [7, 11) is 2.62. The van der Waals surface area contributed by atoms with Crippen LogP contribution in [0, 0.1) is 12.9 Å². The molecule has 202 valence electrons. The van der Waals surface area contributed by atoms with Crippen LogP contribution in [-0.4, -0.2) is 48.6 Å². The van der Waals surface area contributed by atoms with E-state index in [1.807, 2.05) is 0 Å². The molecule has 0 radical (unpaired) electrons. The van der Waals surface area contributed by atoms with Crippen molar-refractivity contribution in [3.8, 4) is 16.9 Å². The Kier molecular flexibility index (Phi) is 6.99. The Balaban J connectivity index is 1.36. The van der Waals surface area contributed by atoms with Gasteiger partial charge in [-0.2, -0.15) is 9.49 Å². The van der Waals surface area contributed by atoms with E-state index in [0.29, 0.717) is 37.8 Å². The van der Waals surface area contributed by atoms with Gasteiger partial charge in [0.1, 0.15) is 22.2 Å². The fourth-order valence-corrected chi connectivity index (χ4v) is 5.33. The van der Waals surface area contributed by atoms with Gasteiger partial charge < -0.3 is 9.64 Å². The molecule has 1 aliphatic heterocycles. The summed E-state index contributed by atoms with van der Waals surface area (Å²) < 4.78 is 47.0. The van der Waals surface area contributed by atoms with Gasteiger partial charge in [-0.15, -0.1) is 0 Å². The molecule has 0 aliphatic carbocycles. The van der Waals surface area contributed by atoms with Crippen molar-refractivity contribution in [2.24, 2.45) is 7.05 Å². The lowest BCUT2D eigenvalue weighted by Crippen LogP contribution is -2.27. The minimum absolute atomic E-state index is 0.0166. The maximum Gasteiger partial charge on any atom is 0.283 e. The van der Waals surface area contributed by atoms with Gasteiger partial charge in [-0.05, 0) is 19.1 Å². The quantitative estimate of drug-likeness (QED) is 0.328. The maximum atomic E-state index is 14.4. The number of fused-ring (bicyclic) bond motifs is 1. The van der Waals surface area contributed by atoms with Crippen LogP contribution >= 0.6 is 22.9 Å². The van der Waals surface area contributed by atoms with Gasteiger partial charge in [-0.25, -0.2) is 23.4 Å². The Bertz CT molecular complexity index is 1600. The number of carbonyl (C=O) groups is 2. The van der Waals surface area contributed by atoms with Crippen molar-refractivity contribution >= 4 is 39.9 Å². The molecule has 0 spiro atoms. The number of pyridine rings is 2. The highest BCUT2D eigenvalue weighted by molar-refractivity contribution is 7.16. The number of hydrogen-bond donors (Lipinski definition) is 1. The number of thiazole rings is 1. The zero-order chi connectivity index (χ0) is 28.0. The average molecular weight is 578 g/mol. The number of methoxy groups -OCH3 is 1. The number of alkyl halides is 2. The van der Waals surface area contributed by atoms with Gasteiger partial charge in [0, 0.05) is 30.1 Å². The van der Waals surface area contributed by atoms with E-state index >= 15 is 0 Å². The molecule has 0 atom stereocenters. The SMILES string of the molecule is COc1cnc(Cl)cc1-c1cc(C)ncc1C(=O)Nc1nc2c(s1)CN(C(=O)c1c(C(F)F)nn(C)c1F)C2. The van der Waals surface area contributed by atoms with E-state index < -0.39 is 35.4 Å². The number of amides is 2. The van der Waals surface area contributed by atoms with E-state index in [4.69, 9.17) is 16.3 Å². The normalized spacial score (nSPS) is 12.7. The summed E-state index contributed by atoms with van der Waals surface area (Å²) in [6.07, 6.45) is -0.228. The lowest BCUT2D eigenvalue weighted by atomic mass is 10.0. The highest BCUT2D eigenvalue weighted by Gasteiger charge is 2.35. The number of anilines is 1. The molecule has 39 heavy (non-hydrogen) atoms. The van der Waals surface area contributed by atoms with Crippen LogP contribution in [0.2, 0.25) is 5.15 Å². The minimum atomic E-state index is -3.11. The van der Waals surface area contributed by atoms with E-state index in [-0.39, 0.29) is 28.9 Å². The highest BCUT2D eigenvalue weighted by Crippen LogP contribution is 2.36. The van der Waals surface area contributed by atoms with Gasteiger partial charge in [0.25, 0.3) is 18.2 Å². The van der Waals surface area contributed by atoms with E-state index in [9.17, 15) is 22.8 Å². The summed E-state index contributed by atoms with van der Waals surface area (Å²) in [5.41, 5.74) is 0.768. The molecule has 1 N–H and O–H groups in total. The number of nitrogens with one attached hydrogen (secondary N) is 1. The number of carbonyl (C=O) groups excluding carboxylic acids is 2. The van der Waals surface area contributed by atoms with Crippen LogP contribution in [0.1, 0.15) is 49.1 Å². The van der Waals surface area contributed by atoms with Crippen molar-refractivity contribution in [3.05, 3.63) is 68.7 Å². The van der Waals surface area contributed by atoms with Crippen molar-refractivity contribution in [2.45, 2.75) is 26.4 Å². The first-order valence-electron chi connectivity index (χ1n) is 11.3. The summed E-state index contributed by atoms with van der Waals surface area (Å²) in [4.78, 5) is 40.6. The van der Waals surface area contributed by atoms with Crippen LogP contribution in [0.3, 0.4) is 0 Å². The molecular weight excluding hydrogens is 559 g/mol. The van der Waals surface area contributed by atoms with Crippen molar-refractivity contribution < 1.29 is 27.5 Å². The summed E-state index contributed by atoms with van der Waals surface area (Å²) in [6, 6.07) is 3.31. The second-order valence-corrected chi connectivity index (χ2v) is 10.0. The van der Waals surface area contributed by atoms with Gasteiger partial charge in [0.2, 0.25) is 5.95 Å². The van der Waals surface area contributed by atoms with Crippen LogP contribution in [0.5, 0.6) is 5.75 Å². The van der Waals surface area contributed by atoms with Crippen molar-refractivity contribution in [1.29, 1.82) is 0 Å². The first-order valence-corrected chi connectivity index (χ1v) is 12.5. The molecule has 10 nitrogen and oxygen atoms in total. The van der Waals surface area contributed by atoms with Crippen LogP contribution in [0.15, 0.2) is 24.5 Å². The van der Waals surface area contributed by atoms with Crippen molar-refractivity contribution in [1.82, 2.24) is 29.6 Å². The number of aryl methyl sites for hydroxylation is 2. The van der Waals surface area contributed by atoms with Crippen LogP contribution in [0.25, 0.3) is 11.1 Å². The highest BCUT2D eigenvalue weighted by atomic mass is 35.5. The maximum absolute atomic E-state index is 14.4. The van der Waals surface area contributed by atoms with Crippen molar-refractivity contribution in [2.75, 3.05) is 12.4 Å². The molecule has 4 aromatic rings. The molecule has 0 fully saturated rings. The van der Waals surface area contributed by atoms with Crippen LogP contribution in [-0.2, 0) is 20.1 Å². The third kappa shape index (κ3) is 4.92. The molecule has 5 rings (SSSR count). The topological polar surface area (TPSA) is 115 Å². The van der Waals surface area contributed by atoms with Gasteiger partial charge in [0.15, 0.2) is 5.13 Å². The molecule has 4 aromatic heterocycles. The lowest BCUT2D eigenvalue weighted by molar-refractivity contribution is 0.0732. The summed E-state index contributed by atoms with van der Waals surface area (Å²) in [5.74, 6) is -2.13. The van der Waals surface area contributed by atoms with E-state index in [1.165, 1.54) is 24.4 Å². The number of aromatic nitrogens is 5. The zero-order valence-corrected chi connectivity index (χ0v) is 22.2. The second-order valence-electron chi connectivity index (χ2n) is 8.56. The molecule has 0 unspecified atom stereocenters. The van der Waals surface area contributed by atoms with Gasteiger partial charge in [-0.3, -0.25) is 19.9 Å². The first kappa shape index (κ1) is 26.6. The molecular formula is C24H19ClF3N7O3S. The molecule has 1 aliphatic rings. The average Bonchev–Trinajstić information content (AvgIpc) is 3.55. The Morgan fingerprint density at radius 1 is 1.18 bits per heavy atom. The fraction of sp³-hybridized carbons (Fsp3) is 0.250. The number of rotatable bonds is 6. The van der Waals surface area contributed by atoms with E-state index in [0.717, 1.165) is 18.4 Å². The Morgan fingerprint density at radius 2 is 1.95 bits per heavy atom. The third-order valence-corrected chi connectivity index (χ3v) is 7.22. The molecule has 2 amide bonds. The molecule has 0 saturated heterocycles. The van der Waals surface area contributed by atoms with Crippen LogP contribution < -0.4 is 10.1 Å². The second kappa shape index (κ2) is 10.3. The van der Waals surface area contributed by atoms with Gasteiger partial charge in [0.05, 0.1) is 42.5 Å². The van der Waals surface area contributed by atoms with Crippen molar-refractivity contribution in [3.63, 3.8) is 0 Å². The van der Waals surface area contributed by atoms with Crippen LogP contribution in [0.4, 0.5) is 18.3 Å². The summed E-state index contributed by atoms with van der Waals surface area (Å²) in [5, 5.41) is 6.65. The van der Waals surface area contributed by atoms with Gasteiger partial charge >= 0.3 is 0 Å². The molecule has 15 heteroatoms. The number of halogens is 4. The standard InChI is InChI=1S/C24H19ClF3N7O3S/c1-10-4-11(12-5-17(25)30-7-15(12)38-3)13(6-29-10)22(36)32-24-31-14-8-35(9-16(14)39-24)23(37)18-19(20(26)27)33-34(2)21(18)28/h4-7,20H,8-9H2,1-3H3,(H,31,32,36). The summed E-state index contributed by atoms with van der Waals surface area (Å²) >= 11 is 7.21. The predicted octanol–water partition coefficient (Wildman–Crippen LogP) is 4.79. The Hall–Kier alpha value is -4.04. The number of ether oxygens (including phenoxy) is 1. The molecule has 0 bridgehead atoms. The van der Waals surface area contributed by atoms with E-state index in [1.54, 1.807) is 19.1 Å². The van der Waals surface area contributed by atoms with E-state index in [2.05, 4.69) is 25.4 Å².